The quantitative estimate of drug-likeness (QED) is 0.704. The molecule has 0 spiro atoms. The van der Waals surface area contributed by atoms with Crippen LogP contribution in [-0.2, 0) is 14.3 Å². The van der Waals surface area contributed by atoms with Crippen molar-refractivity contribution in [3.05, 3.63) is 29.3 Å². The van der Waals surface area contributed by atoms with Gasteiger partial charge in [-0.05, 0) is 38.3 Å². The Morgan fingerprint density at radius 1 is 1.43 bits per heavy atom. The molecular weight excluding hydrogens is 318 g/mol. The van der Waals surface area contributed by atoms with Gasteiger partial charge in [0.2, 0.25) is 0 Å². The Labute approximate surface area is 141 Å². The third-order valence-electron chi connectivity index (χ3n) is 3.97. The maximum absolute atomic E-state index is 12.0. The van der Waals surface area contributed by atoms with Crippen molar-refractivity contribution in [2.75, 3.05) is 18.1 Å². The van der Waals surface area contributed by atoms with Gasteiger partial charge in [0.1, 0.15) is 6.10 Å². The second-order valence-corrected chi connectivity index (χ2v) is 5.91. The van der Waals surface area contributed by atoms with Crippen LogP contribution in [0.2, 0.25) is 5.02 Å². The van der Waals surface area contributed by atoms with Gasteiger partial charge < -0.3 is 9.47 Å². The predicted octanol–water partition coefficient (Wildman–Crippen LogP) is 4.03. The summed E-state index contributed by atoms with van der Waals surface area (Å²) in [6, 6.07) is 7.18. The number of hydrogen-bond acceptors (Lipinski definition) is 4. The van der Waals surface area contributed by atoms with Gasteiger partial charge in [-0.15, -0.1) is 0 Å². The summed E-state index contributed by atoms with van der Waals surface area (Å²) in [5.41, 5.74) is 0.652. The molecule has 126 valence electrons. The number of anilines is 1. The summed E-state index contributed by atoms with van der Waals surface area (Å²) in [5.74, 6) is -0.328. The highest BCUT2D eigenvalue weighted by atomic mass is 35.5. The van der Waals surface area contributed by atoms with E-state index in [0.717, 1.165) is 0 Å². The van der Waals surface area contributed by atoms with Gasteiger partial charge in [-0.25, -0.2) is 4.79 Å². The molecule has 0 unspecified atom stereocenters. The molecule has 1 heterocycles. The van der Waals surface area contributed by atoms with E-state index in [-0.39, 0.29) is 18.0 Å². The molecule has 1 aliphatic rings. The first-order chi connectivity index (χ1) is 11.1. The Balaban J connectivity index is 1.93. The molecule has 0 radical (unpaired) electrons. The lowest BCUT2D eigenvalue weighted by atomic mass is 9.98. The van der Waals surface area contributed by atoms with E-state index in [9.17, 15) is 9.59 Å². The minimum absolute atomic E-state index is 0.150. The first-order valence-corrected chi connectivity index (χ1v) is 8.33. The number of rotatable bonds is 7. The van der Waals surface area contributed by atoms with Crippen molar-refractivity contribution in [3.8, 4) is 0 Å². The number of carbonyl (C=O) groups is 2. The fourth-order valence-corrected chi connectivity index (χ4v) is 2.91. The molecule has 1 saturated heterocycles. The summed E-state index contributed by atoms with van der Waals surface area (Å²) < 4.78 is 10.5. The number of hydrogen-bond donors (Lipinski definition) is 0. The summed E-state index contributed by atoms with van der Waals surface area (Å²) in [7, 11) is 0. The topological polar surface area (TPSA) is 55.8 Å². The Hall–Kier alpha value is -1.75. The number of halogens is 1. The average molecular weight is 340 g/mol. The van der Waals surface area contributed by atoms with Gasteiger partial charge in [0, 0.05) is 0 Å². The molecule has 6 heteroatoms. The van der Waals surface area contributed by atoms with Crippen LogP contribution in [0.1, 0.15) is 33.1 Å². The Morgan fingerprint density at radius 2 is 2.17 bits per heavy atom. The number of amides is 1. The zero-order valence-electron chi connectivity index (χ0n) is 13.5. The highest BCUT2D eigenvalue weighted by molar-refractivity contribution is 6.33. The second-order valence-electron chi connectivity index (χ2n) is 5.50. The predicted molar refractivity (Wildman–Crippen MR) is 88.7 cm³/mol. The van der Waals surface area contributed by atoms with E-state index >= 15 is 0 Å². The van der Waals surface area contributed by atoms with Crippen molar-refractivity contribution in [3.63, 3.8) is 0 Å². The Morgan fingerprint density at radius 3 is 2.83 bits per heavy atom. The molecule has 1 amide bonds. The van der Waals surface area contributed by atoms with Crippen molar-refractivity contribution in [1.82, 2.24) is 0 Å². The molecular formula is C17H22ClNO4. The lowest BCUT2D eigenvalue weighted by Gasteiger charge is -2.16. The fraction of sp³-hybridized carbons (Fsp3) is 0.529. The summed E-state index contributed by atoms with van der Waals surface area (Å²) in [6.45, 7) is 4.58. The smallest absolute Gasteiger partial charge is 0.414 e. The van der Waals surface area contributed by atoms with Crippen molar-refractivity contribution in [2.24, 2.45) is 5.92 Å². The van der Waals surface area contributed by atoms with Gasteiger partial charge in [0.25, 0.3) is 0 Å². The van der Waals surface area contributed by atoms with Crippen LogP contribution in [0, 0.1) is 5.92 Å². The molecule has 0 bridgehead atoms. The van der Waals surface area contributed by atoms with E-state index < -0.39 is 6.09 Å². The number of carbonyl (C=O) groups excluding carboxylic acids is 2. The van der Waals surface area contributed by atoms with Crippen molar-refractivity contribution >= 4 is 29.4 Å². The third kappa shape index (κ3) is 4.38. The number of benzene rings is 1. The SMILES string of the molecule is CCOC(=O)[C@H](CC)CC[C@@H]1CN(c2ccccc2Cl)C(=O)O1. The van der Waals surface area contributed by atoms with Crippen LogP contribution in [0.15, 0.2) is 24.3 Å². The zero-order chi connectivity index (χ0) is 16.8. The van der Waals surface area contributed by atoms with E-state index in [1.807, 2.05) is 19.1 Å². The first-order valence-electron chi connectivity index (χ1n) is 7.96. The van der Waals surface area contributed by atoms with Gasteiger partial charge in [-0.3, -0.25) is 9.69 Å². The summed E-state index contributed by atoms with van der Waals surface area (Å²) in [5, 5.41) is 0.517. The van der Waals surface area contributed by atoms with Gasteiger partial charge in [0.15, 0.2) is 0 Å². The van der Waals surface area contributed by atoms with E-state index in [1.165, 1.54) is 4.90 Å². The molecule has 0 saturated carbocycles. The Kier molecular flexibility index (Phi) is 6.28. The van der Waals surface area contributed by atoms with Crippen molar-refractivity contribution < 1.29 is 19.1 Å². The normalized spacial score (nSPS) is 18.7. The number of esters is 1. The lowest BCUT2D eigenvalue weighted by Crippen LogP contribution is -2.25. The van der Waals surface area contributed by atoms with Gasteiger partial charge in [-0.2, -0.15) is 0 Å². The monoisotopic (exact) mass is 339 g/mol. The van der Waals surface area contributed by atoms with Gasteiger partial charge in [0.05, 0.1) is 29.8 Å². The molecule has 0 aliphatic carbocycles. The molecule has 0 aromatic heterocycles. The van der Waals surface area contributed by atoms with E-state index in [1.54, 1.807) is 19.1 Å². The maximum atomic E-state index is 12.0. The summed E-state index contributed by atoms with van der Waals surface area (Å²) >= 11 is 6.13. The van der Waals surface area contributed by atoms with E-state index in [0.29, 0.717) is 43.1 Å². The lowest BCUT2D eigenvalue weighted by molar-refractivity contribution is -0.148. The van der Waals surface area contributed by atoms with Crippen LogP contribution in [0.25, 0.3) is 0 Å². The van der Waals surface area contributed by atoms with Crippen LogP contribution >= 0.6 is 11.6 Å². The minimum atomic E-state index is -0.396. The molecule has 1 aliphatic heterocycles. The number of nitrogens with zero attached hydrogens (tertiary/aromatic N) is 1. The maximum Gasteiger partial charge on any atom is 0.414 e. The van der Waals surface area contributed by atoms with E-state index in [2.05, 4.69) is 0 Å². The molecule has 0 N–H and O–H groups in total. The van der Waals surface area contributed by atoms with Gasteiger partial charge >= 0.3 is 12.1 Å². The highest BCUT2D eigenvalue weighted by Gasteiger charge is 2.34. The van der Waals surface area contributed by atoms with Crippen LogP contribution in [-0.4, -0.2) is 31.3 Å². The van der Waals surface area contributed by atoms with Gasteiger partial charge in [-0.1, -0.05) is 30.7 Å². The third-order valence-corrected chi connectivity index (χ3v) is 4.29. The molecule has 1 fully saturated rings. The average Bonchev–Trinajstić information content (AvgIpc) is 2.89. The second kappa shape index (κ2) is 8.20. The number of ether oxygens (including phenoxy) is 2. The Bertz CT molecular complexity index is 563. The van der Waals surface area contributed by atoms with Crippen LogP contribution in [0.5, 0.6) is 0 Å². The molecule has 1 aromatic rings. The number of para-hydroxylation sites is 1. The minimum Gasteiger partial charge on any atom is -0.466 e. The highest BCUT2D eigenvalue weighted by Crippen LogP contribution is 2.30. The molecule has 1 aromatic carbocycles. The fourth-order valence-electron chi connectivity index (χ4n) is 2.68. The molecule has 23 heavy (non-hydrogen) atoms. The summed E-state index contributed by atoms with van der Waals surface area (Å²) in [4.78, 5) is 25.4. The zero-order valence-corrected chi connectivity index (χ0v) is 14.2. The van der Waals surface area contributed by atoms with Crippen molar-refractivity contribution in [1.29, 1.82) is 0 Å². The molecule has 5 nitrogen and oxygen atoms in total. The largest absolute Gasteiger partial charge is 0.466 e. The number of cyclic esters (lactones) is 1. The van der Waals surface area contributed by atoms with E-state index in [4.69, 9.17) is 21.1 Å². The van der Waals surface area contributed by atoms with Crippen molar-refractivity contribution in [2.45, 2.75) is 39.2 Å². The summed E-state index contributed by atoms with van der Waals surface area (Å²) in [6.07, 6.45) is 1.36. The standard InChI is InChI=1S/C17H22ClNO4/c1-3-12(16(20)22-4-2)9-10-13-11-19(17(21)23-13)15-8-6-5-7-14(15)18/h5-8,12-13H,3-4,9-11H2,1-2H3/t12-,13-/m1/s1. The van der Waals surface area contributed by atoms with Crippen LogP contribution in [0.3, 0.4) is 0 Å². The molecule has 2 atom stereocenters. The molecule has 2 rings (SSSR count). The first kappa shape index (κ1) is 17.6. The van der Waals surface area contributed by atoms with Crippen LogP contribution < -0.4 is 4.90 Å². The van der Waals surface area contributed by atoms with Crippen LogP contribution in [0.4, 0.5) is 10.5 Å².